The number of hydrogen-bond acceptors (Lipinski definition) is 4. The zero-order chi connectivity index (χ0) is 19.0. The summed E-state index contributed by atoms with van der Waals surface area (Å²) >= 11 is 0. The van der Waals surface area contributed by atoms with E-state index in [9.17, 15) is 18.8 Å². The fourth-order valence-corrected chi connectivity index (χ4v) is 2.32. The molecule has 0 aliphatic carbocycles. The van der Waals surface area contributed by atoms with E-state index in [2.05, 4.69) is 10.6 Å². The molecule has 0 unspecified atom stereocenters. The van der Waals surface area contributed by atoms with E-state index in [0.717, 1.165) is 0 Å². The van der Waals surface area contributed by atoms with Gasteiger partial charge in [0.25, 0.3) is 0 Å². The number of halogens is 1. The maximum absolute atomic E-state index is 13.0. The van der Waals surface area contributed by atoms with E-state index in [4.69, 9.17) is 11.0 Å². The highest BCUT2D eigenvalue weighted by atomic mass is 19.1. The molecule has 3 atom stereocenters. The second-order valence-corrected chi connectivity index (χ2v) is 5.81. The molecule has 0 saturated heterocycles. The highest BCUT2D eigenvalue weighted by Gasteiger charge is 2.28. The van der Waals surface area contributed by atoms with Crippen LogP contribution in [0.2, 0.25) is 0 Å². The van der Waals surface area contributed by atoms with Gasteiger partial charge in [-0.1, -0.05) is 19.1 Å². The van der Waals surface area contributed by atoms with Crippen LogP contribution in [0.1, 0.15) is 25.8 Å². The molecule has 134 valence electrons. The maximum Gasteiger partial charge on any atom is 0.243 e. The molecule has 0 heterocycles. The fraction of sp³-hybridized carbons (Fsp3) is 0.412. The van der Waals surface area contributed by atoms with E-state index >= 15 is 0 Å². The van der Waals surface area contributed by atoms with E-state index in [0.29, 0.717) is 5.56 Å². The van der Waals surface area contributed by atoms with Gasteiger partial charge in [-0.3, -0.25) is 14.4 Å². The Labute approximate surface area is 145 Å². The monoisotopic (exact) mass is 348 g/mol. The molecule has 1 aromatic rings. The van der Waals surface area contributed by atoms with Crippen LogP contribution in [0.15, 0.2) is 24.3 Å². The summed E-state index contributed by atoms with van der Waals surface area (Å²) in [5.41, 5.74) is 5.93. The van der Waals surface area contributed by atoms with Crippen LogP contribution >= 0.6 is 0 Å². The second-order valence-electron chi connectivity index (χ2n) is 5.81. The van der Waals surface area contributed by atoms with Crippen LogP contribution in [-0.2, 0) is 20.8 Å². The summed E-state index contributed by atoms with van der Waals surface area (Å²) in [6.45, 7) is 2.88. The fourth-order valence-electron chi connectivity index (χ4n) is 2.32. The Hall–Kier alpha value is -2.95. The largest absolute Gasteiger partial charge is 0.368 e. The topological polar surface area (TPSA) is 125 Å². The molecule has 0 aromatic heterocycles. The zero-order valence-electron chi connectivity index (χ0n) is 14.1. The number of nitrogens with one attached hydrogen (secondary N) is 2. The van der Waals surface area contributed by atoms with Gasteiger partial charge in [-0.2, -0.15) is 5.26 Å². The standard InChI is InChI=1S/C17H21FN4O3/c1-10(7-8-19)15(16(20)24)22-17(25)14(21-11(2)23)9-12-3-5-13(18)6-4-12/h3-6,10,14-15H,7,9H2,1-2H3,(H2,20,24)(H,21,23)(H,22,25)/t10-,14-,15+/m0/s1. The lowest BCUT2D eigenvalue weighted by Gasteiger charge is -2.24. The lowest BCUT2D eigenvalue weighted by atomic mass is 9.97. The van der Waals surface area contributed by atoms with Gasteiger partial charge >= 0.3 is 0 Å². The van der Waals surface area contributed by atoms with Gasteiger partial charge in [0.1, 0.15) is 17.9 Å². The number of nitrogens with zero attached hydrogens (tertiary/aromatic N) is 1. The van der Waals surface area contributed by atoms with Crippen molar-refractivity contribution < 1.29 is 18.8 Å². The Balaban J connectivity index is 2.91. The Kier molecular flexibility index (Phi) is 7.53. The van der Waals surface area contributed by atoms with Crippen molar-refractivity contribution in [3.8, 4) is 6.07 Å². The molecular formula is C17H21FN4O3. The van der Waals surface area contributed by atoms with Crippen molar-refractivity contribution in [1.82, 2.24) is 10.6 Å². The minimum Gasteiger partial charge on any atom is -0.368 e. The van der Waals surface area contributed by atoms with Crippen molar-refractivity contribution in [2.24, 2.45) is 11.7 Å². The first kappa shape index (κ1) is 20.1. The first-order chi connectivity index (χ1) is 11.7. The molecule has 8 heteroatoms. The highest BCUT2D eigenvalue weighted by molar-refractivity contribution is 5.91. The SMILES string of the molecule is CC(=O)N[C@@H](Cc1ccc(F)cc1)C(=O)N[C@@H](C(N)=O)[C@@H](C)CC#N. The first-order valence-corrected chi connectivity index (χ1v) is 7.72. The first-order valence-electron chi connectivity index (χ1n) is 7.72. The average Bonchev–Trinajstić information content (AvgIpc) is 2.53. The summed E-state index contributed by atoms with van der Waals surface area (Å²) < 4.78 is 13.0. The van der Waals surface area contributed by atoms with Crippen LogP contribution in [-0.4, -0.2) is 29.8 Å². The minimum atomic E-state index is -1.03. The van der Waals surface area contributed by atoms with Crippen LogP contribution in [0.3, 0.4) is 0 Å². The third kappa shape index (κ3) is 6.59. The smallest absolute Gasteiger partial charge is 0.243 e. The number of benzene rings is 1. The van der Waals surface area contributed by atoms with Gasteiger partial charge in [0, 0.05) is 19.8 Å². The van der Waals surface area contributed by atoms with Gasteiger partial charge in [-0.25, -0.2) is 4.39 Å². The predicted octanol–water partition coefficient (Wildman–Crippen LogP) is 0.393. The summed E-state index contributed by atoms with van der Waals surface area (Å²) in [5.74, 6) is -2.69. The minimum absolute atomic E-state index is 0.0383. The zero-order valence-corrected chi connectivity index (χ0v) is 14.1. The molecule has 0 radical (unpaired) electrons. The van der Waals surface area contributed by atoms with E-state index in [1.165, 1.54) is 31.2 Å². The van der Waals surface area contributed by atoms with Crippen LogP contribution in [0.25, 0.3) is 0 Å². The quantitative estimate of drug-likeness (QED) is 0.628. The van der Waals surface area contributed by atoms with E-state index < -0.39 is 41.5 Å². The van der Waals surface area contributed by atoms with Gasteiger partial charge in [0.15, 0.2) is 0 Å². The lowest BCUT2D eigenvalue weighted by Crippen LogP contribution is -2.55. The molecule has 1 aromatic carbocycles. The van der Waals surface area contributed by atoms with Gasteiger partial charge in [-0.15, -0.1) is 0 Å². The number of primary amides is 1. The molecular weight excluding hydrogens is 327 g/mol. The summed E-state index contributed by atoms with van der Waals surface area (Å²) in [6, 6.07) is 5.43. The summed E-state index contributed by atoms with van der Waals surface area (Å²) in [6.07, 6.45) is 0.153. The van der Waals surface area contributed by atoms with E-state index in [-0.39, 0.29) is 12.8 Å². The molecule has 1 rings (SSSR count). The summed E-state index contributed by atoms with van der Waals surface area (Å²) in [5, 5.41) is 13.7. The Bertz CT molecular complexity index is 669. The highest BCUT2D eigenvalue weighted by Crippen LogP contribution is 2.10. The summed E-state index contributed by atoms with van der Waals surface area (Å²) in [7, 11) is 0. The average molecular weight is 348 g/mol. The number of rotatable bonds is 8. The Morgan fingerprint density at radius 1 is 1.24 bits per heavy atom. The van der Waals surface area contributed by atoms with Gasteiger partial charge in [-0.05, 0) is 23.6 Å². The van der Waals surface area contributed by atoms with E-state index in [1.807, 2.05) is 6.07 Å². The number of carbonyl (C=O) groups is 3. The van der Waals surface area contributed by atoms with Crippen molar-refractivity contribution in [2.45, 2.75) is 38.8 Å². The molecule has 3 amide bonds. The summed E-state index contributed by atoms with van der Waals surface area (Å²) in [4.78, 5) is 35.4. The molecule has 4 N–H and O–H groups in total. The second kappa shape index (κ2) is 9.37. The van der Waals surface area contributed by atoms with Crippen molar-refractivity contribution in [3.05, 3.63) is 35.6 Å². The van der Waals surface area contributed by atoms with Crippen molar-refractivity contribution in [2.75, 3.05) is 0 Å². The van der Waals surface area contributed by atoms with Crippen LogP contribution in [0.4, 0.5) is 4.39 Å². The third-order valence-electron chi connectivity index (χ3n) is 3.63. The number of hydrogen-bond donors (Lipinski definition) is 3. The van der Waals surface area contributed by atoms with Crippen molar-refractivity contribution in [1.29, 1.82) is 5.26 Å². The molecule has 0 saturated carbocycles. The predicted molar refractivity (Wildman–Crippen MR) is 88.2 cm³/mol. The van der Waals surface area contributed by atoms with Crippen LogP contribution in [0.5, 0.6) is 0 Å². The van der Waals surface area contributed by atoms with Gasteiger partial charge in [0.2, 0.25) is 17.7 Å². The van der Waals surface area contributed by atoms with Crippen LogP contribution < -0.4 is 16.4 Å². The normalized spacial score (nSPS) is 13.8. The molecule has 0 fully saturated rings. The Morgan fingerprint density at radius 3 is 2.32 bits per heavy atom. The molecule has 0 bridgehead atoms. The van der Waals surface area contributed by atoms with Crippen molar-refractivity contribution in [3.63, 3.8) is 0 Å². The number of nitriles is 1. The number of nitrogens with two attached hydrogens (primary N) is 1. The molecule has 7 nitrogen and oxygen atoms in total. The molecule has 0 spiro atoms. The molecule has 0 aliphatic rings. The van der Waals surface area contributed by atoms with Gasteiger partial charge < -0.3 is 16.4 Å². The molecule has 0 aliphatic heterocycles. The van der Waals surface area contributed by atoms with Crippen LogP contribution in [0, 0.1) is 23.1 Å². The maximum atomic E-state index is 13.0. The number of amides is 3. The van der Waals surface area contributed by atoms with Gasteiger partial charge in [0.05, 0.1) is 6.07 Å². The molecule has 25 heavy (non-hydrogen) atoms. The third-order valence-corrected chi connectivity index (χ3v) is 3.63. The number of carbonyl (C=O) groups excluding carboxylic acids is 3. The Morgan fingerprint density at radius 2 is 1.84 bits per heavy atom. The lowest BCUT2D eigenvalue weighted by molar-refractivity contribution is -0.131. The van der Waals surface area contributed by atoms with Crippen molar-refractivity contribution >= 4 is 17.7 Å². The van der Waals surface area contributed by atoms with E-state index in [1.54, 1.807) is 6.92 Å².